The van der Waals surface area contributed by atoms with Gasteiger partial charge in [0.05, 0.1) is 14.2 Å². The highest BCUT2D eigenvalue weighted by molar-refractivity contribution is 5.86. The molecule has 2 N–H and O–H groups in total. The van der Waals surface area contributed by atoms with Gasteiger partial charge in [0, 0.05) is 54.2 Å². The summed E-state index contributed by atoms with van der Waals surface area (Å²) in [6.07, 6.45) is 2.32. The minimum absolute atomic E-state index is 0.0139. The topological polar surface area (TPSA) is 66.6 Å². The summed E-state index contributed by atoms with van der Waals surface area (Å²) in [4.78, 5) is 18.1. The van der Waals surface area contributed by atoms with Crippen molar-refractivity contribution in [3.63, 3.8) is 0 Å². The number of aromatic amines is 1. The van der Waals surface area contributed by atoms with Crippen LogP contribution in [0.2, 0.25) is 0 Å². The molecule has 0 saturated carbocycles. The van der Waals surface area contributed by atoms with Gasteiger partial charge in [-0.2, -0.15) is 0 Å². The largest absolute Gasteiger partial charge is 0.497 e. The van der Waals surface area contributed by atoms with Crippen LogP contribution in [0.15, 0.2) is 48.7 Å². The van der Waals surface area contributed by atoms with E-state index in [4.69, 9.17) is 9.47 Å². The van der Waals surface area contributed by atoms with E-state index < -0.39 is 0 Å². The van der Waals surface area contributed by atoms with Crippen LogP contribution in [0.5, 0.6) is 11.5 Å². The monoisotopic (exact) mass is 395 g/mol. The van der Waals surface area contributed by atoms with E-state index in [0.717, 1.165) is 34.3 Å². The van der Waals surface area contributed by atoms with Crippen LogP contribution in [-0.4, -0.2) is 57.2 Å². The van der Waals surface area contributed by atoms with E-state index >= 15 is 0 Å². The first-order chi connectivity index (χ1) is 14.0. The molecule has 0 aliphatic heterocycles. The zero-order chi connectivity index (χ0) is 20.8. The summed E-state index contributed by atoms with van der Waals surface area (Å²) in [5, 5.41) is 4.14. The third-order valence-corrected chi connectivity index (χ3v) is 5.08. The fraction of sp³-hybridized carbons (Fsp3) is 0.348. The number of H-pyrrole nitrogens is 1. The molecule has 0 saturated heterocycles. The van der Waals surface area contributed by atoms with Gasteiger partial charge in [0.25, 0.3) is 0 Å². The van der Waals surface area contributed by atoms with Gasteiger partial charge in [0.15, 0.2) is 0 Å². The Labute approximate surface area is 171 Å². The number of nitrogens with zero attached hydrogens (tertiary/aromatic N) is 1. The zero-order valence-corrected chi connectivity index (χ0v) is 17.5. The quantitative estimate of drug-likeness (QED) is 0.583. The Hall–Kier alpha value is -2.99. The average molecular weight is 396 g/mol. The molecule has 1 aromatic heterocycles. The number of ether oxygens (including phenoxy) is 2. The van der Waals surface area contributed by atoms with Crippen LogP contribution in [0.25, 0.3) is 10.9 Å². The molecule has 1 atom stereocenters. The van der Waals surface area contributed by atoms with Gasteiger partial charge in [0.1, 0.15) is 11.5 Å². The number of aromatic nitrogens is 1. The van der Waals surface area contributed by atoms with Crippen molar-refractivity contribution in [2.24, 2.45) is 0 Å². The maximum absolute atomic E-state index is 12.8. The van der Waals surface area contributed by atoms with Crippen LogP contribution < -0.4 is 14.8 Å². The number of carbonyl (C=O) groups is 1. The summed E-state index contributed by atoms with van der Waals surface area (Å²) in [5.41, 5.74) is 3.08. The van der Waals surface area contributed by atoms with Gasteiger partial charge in [-0.25, -0.2) is 0 Å². The minimum atomic E-state index is -0.147. The first-order valence-corrected chi connectivity index (χ1v) is 9.72. The Morgan fingerprint density at radius 3 is 2.62 bits per heavy atom. The van der Waals surface area contributed by atoms with E-state index in [1.54, 1.807) is 14.2 Å². The molecular formula is C23H29N3O3. The zero-order valence-electron chi connectivity index (χ0n) is 17.5. The molecule has 3 rings (SSSR count). The Bertz CT molecular complexity index is 965. The average Bonchev–Trinajstić information content (AvgIpc) is 3.15. The van der Waals surface area contributed by atoms with Crippen molar-refractivity contribution in [1.29, 1.82) is 0 Å². The van der Waals surface area contributed by atoms with Gasteiger partial charge in [-0.05, 0) is 31.8 Å². The summed E-state index contributed by atoms with van der Waals surface area (Å²) in [7, 11) is 7.25. The summed E-state index contributed by atoms with van der Waals surface area (Å²) >= 11 is 0. The van der Waals surface area contributed by atoms with E-state index in [0.29, 0.717) is 18.7 Å². The minimum Gasteiger partial charge on any atom is -0.497 e. The lowest BCUT2D eigenvalue weighted by Gasteiger charge is -2.20. The van der Waals surface area contributed by atoms with E-state index in [1.807, 2.05) is 61.6 Å². The normalized spacial score (nSPS) is 12.2. The number of carbonyl (C=O) groups excluding carboxylic acids is 1. The Balaban J connectivity index is 1.97. The highest BCUT2D eigenvalue weighted by Crippen LogP contribution is 2.39. The van der Waals surface area contributed by atoms with Gasteiger partial charge >= 0.3 is 0 Å². The molecule has 0 spiro atoms. The van der Waals surface area contributed by atoms with Crippen molar-refractivity contribution in [2.45, 2.75) is 12.3 Å². The van der Waals surface area contributed by atoms with Gasteiger partial charge in [0.2, 0.25) is 5.91 Å². The molecule has 1 amide bonds. The van der Waals surface area contributed by atoms with Gasteiger partial charge < -0.3 is 24.7 Å². The van der Waals surface area contributed by atoms with E-state index in [2.05, 4.69) is 16.4 Å². The summed E-state index contributed by atoms with van der Waals surface area (Å²) in [6.45, 7) is 1.42. The molecule has 154 valence electrons. The number of hydrogen-bond acceptors (Lipinski definition) is 4. The number of likely N-dealkylation sites (N-methyl/N-ethyl adjacent to an activating group) is 1. The molecule has 6 heteroatoms. The van der Waals surface area contributed by atoms with Crippen molar-refractivity contribution in [3.05, 3.63) is 59.8 Å². The van der Waals surface area contributed by atoms with E-state index in [1.165, 1.54) is 0 Å². The maximum atomic E-state index is 12.8. The molecule has 0 aliphatic carbocycles. The number of fused-ring (bicyclic) bond motifs is 1. The number of methoxy groups -OCH3 is 2. The SMILES string of the molecule is COc1ccc(C(CC(=O)NCCN(C)C)c2c[nH]c3ccccc23)c(OC)c1. The van der Waals surface area contributed by atoms with Crippen LogP contribution in [0.4, 0.5) is 0 Å². The van der Waals surface area contributed by atoms with Crippen LogP contribution in [0.1, 0.15) is 23.5 Å². The number of rotatable bonds is 9. The van der Waals surface area contributed by atoms with Crippen molar-refractivity contribution in [2.75, 3.05) is 41.4 Å². The first-order valence-electron chi connectivity index (χ1n) is 9.72. The van der Waals surface area contributed by atoms with E-state index in [9.17, 15) is 4.79 Å². The Kier molecular flexibility index (Phi) is 6.77. The lowest BCUT2D eigenvalue weighted by atomic mass is 9.87. The number of amides is 1. The lowest BCUT2D eigenvalue weighted by molar-refractivity contribution is -0.121. The molecule has 6 nitrogen and oxygen atoms in total. The molecule has 3 aromatic rings. The van der Waals surface area contributed by atoms with Crippen molar-refractivity contribution in [3.8, 4) is 11.5 Å². The van der Waals surface area contributed by atoms with Crippen molar-refractivity contribution < 1.29 is 14.3 Å². The first kappa shape index (κ1) is 20.7. The molecule has 1 unspecified atom stereocenters. The fourth-order valence-electron chi connectivity index (χ4n) is 3.55. The van der Waals surface area contributed by atoms with Crippen LogP contribution in [0.3, 0.4) is 0 Å². The number of hydrogen-bond donors (Lipinski definition) is 2. The summed E-state index contributed by atoms with van der Waals surface area (Å²) < 4.78 is 11.0. The lowest BCUT2D eigenvalue weighted by Crippen LogP contribution is -2.32. The van der Waals surface area contributed by atoms with Crippen LogP contribution >= 0.6 is 0 Å². The third-order valence-electron chi connectivity index (χ3n) is 5.08. The van der Waals surface area contributed by atoms with Crippen LogP contribution in [-0.2, 0) is 4.79 Å². The highest BCUT2D eigenvalue weighted by Gasteiger charge is 2.24. The fourth-order valence-corrected chi connectivity index (χ4v) is 3.55. The molecule has 1 heterocycles. The summed E-state index contributed by atoms with van der Waals surface area (Å²) in [5.74, 6) is 1.30. The molecule has 0 radical (unpaired) electrons. The molecule has 0 aliphatic rings. The Morgan fingerprint density at radius 1 is 1.10 bits per heavy atom. The molecular weight excluding hydrogens is 366 g/mol. The van der Waals surface area contributed by atoms with Gasteiger partial charge in [-0.15, -0.1) is 0 Å². The van der Waals surface area contributed by atoms with Crippen LogP contribution in [0, 0.1) is 0 Å². The maximum Gasteiger partial charge on any atom is 0.220 e. The predicted molar refractivity (Wildman–Crippen MR) is 116 cm³/mol. The number of nitrogens with one attached hydrogen (secondary N) is 2. The van der Waals surface area contributed by atoms with Crippen molar-refractivity contribution >= 4 is 16.8 Å². The molecule has 2 aromatic carbocycles. The molecule has 0 fully saturated rings. The van der Waals surface area contributed by atoms with Gasteiger partial charge in [-0.1, -0.05) is 24.3 Å². The molecule has 0 bridgehead atoms. The highest BCUT2D eigenvalue weighted by atomic mass is 16.5. The third kappa shape index (κ3) is 4.90. The second-order valence-corrected chi connectivity index (χ2v) is 7.31. The standard InChI is InChI=1S/C23H29N3O3/c1-26(2)12-11-24-23(27)14-19(18-10-9-16(28-3)13-22(18)29-4)20-15-25-21-8-6-5-7-17(20)21/h5-10,13,15,19,25H,11-12,14H2,1-4H3,(H,24,27). The second kappa shape index (κ2) is 9.47. The van der Waals surface area contributed by atoms with Gasteiger partial charge in [-0.3, -0.25) is 4.79 Å². The molecule has 29 heavy (non-hydrogen) atoms. The summed E-state index contributed by atoms with van der Waals surface area (Å²) in [6, 6.07) is 13.9. The Morgan fingerprint density at radius 2 is 1.90 bits per heavy atom. The van der Waals surface area contributed by atoms with E-state index in [-0.39, 0.29) is 11.8 Å². The van der Waals surface area contributed by atoms with Crippen molar-refractivity contribution in [1.82, 2.24) is 15.2 Å². The second-order valence-electron chi connectivity index (χ2n) is 7.31. The predicted octanol–water partition coefficient (Wildman–Crippen LogP) is 3.38. The number of benzene rings is 2. The number of para-hydroxylation sites is 1. The smallest absolute Gasteiger partial charge is 0.220 e.